The van der Waals surface area contributed by atoms with Gasteiger partial charge in [0, 0.05) is 23.7 Å². The number of carbonyl (C=O) groups is 2. The number of halogens is 3. The molecule has 1 unspecified atom stereocenters. The number of rotatable bonds is 4. The van der Waals surface area contributed by atoms with E-state index in [0.29, 0.717) is 22.2 Å². The number of ether oxygens (including phenoxy) is 1. The van der Waals surface area contributed by atoms with Gasteiger partial charge in [-0.1, -0.05) is 0 Å². The number of phenolic OH excluding ortho intramolecular Hbond substituents is 1. The number of likely N-dealkylation sites (N-methyl/N-ethyl adjacent to an activating group) is 1. The van der Waals surface area contributed by atoms with E-state index in [0.717, 1.165) is 12.1 Å². The van der Waals surface area contributed by atoms with Crippen LogP contribution >= 0.6 is 0 Å². The van der Waals surface area contributed by atoms with E-state index < -0.39 is 23.9 Å². The molecule has 1 amide bonds. The highest BCUT2D eigenvalue weighted by molar-refractivity contribution is 6.05. The molecule has 1 aromatic heterocycles. The Hall–Kier alpha value is -3.49. The van der Waals surface area contributed by atoms with Gasteiger partial charge < -0.3 is 15.2 Å². The maximum Gasteiger partial charge on any atom is 0.573 e. The van der Waals surface area contributed by atoms with E-state index in [1.54, 1.807) is 19.9 Å². The van der Waals surface area contributed by atoms with Crippen LogP contribution in [-0.2, 0) is 4.79 Å². The standard InChI is InChI=1S/C21H19F3N2O4/c1-11(19(28)25-3)18-12(2)26(17-9-6-14(27)10-16(17)18)20(29)13-4-7-15(8-5-13)30-21(22,23)24/h4-11,27H,1-3H3,(H,25,28). The Bertz CT molecular complexity index is 1120. The van der Waals surface area contributed by atoms with E-state index in [1.165, 1.54) is 35.9 Å². The number of fused-ring (bicyclic) bond motifs is 1. The average Bonchev–Trinajstić information content (AvgIpc) is 2.96. The zero-order valence-corrected chi connectivity index (χ0v) is 16.4. The second-order valence-electron chi connectivity index (χ2n) is 6.75. The molecule has 9 heteroatoms. The van der Waals surface area contributed by atoms with E-state index >= 15 is 0 Å². The van der Waals surface area contributed by atoms with E-state index in [4.69, 9.17) is 0 Å². The van der Waals surface area contributed by atoms with Crippen molar-refractivity contribution in [1.82, 2.24) is 9.88 Å². The Balaban J connectivity index is 2.11. The van der Waals surface area contributed by atoms with Gasteiger partial charge in [-0.15, -0.1) is 13.2 Å². The fraction of sp³-hybridized carbons (Fsp3) is 0.238. The average molecular weight is 420 g/mol. The molecule has 0 radical (unpaired) electrons. The molecule has 3 aromatic rings. The van der Waals surface area contributed by atoms with Gasteiger partial charge in [0.2, 0.25) is 5.91 Å². The molecular weight excluding hydrogens is 401 g/mol. The lowest BCUT2D eigenvalue weighted by molar-refractivity contribution is -0.274. The van der Waals surface area contributed by atoms with Crippen molar-refractivity contribution in [1.29, 1.82) is 0 Å². The van der Waals surface area contributed by atoms with Gasteiger partial charge in [-0.25, -0.2) is 0 Å². The van der Waals surface area contributed by atoms with E-state index in [1.807, 2.05) is 0 Å². The number of phenols is 1. The van der Waals surface area contributed by atoms with Crippen molar-refractivity contribution in [3.05, 3.63) is 59.3 Å². The van der Waals surface area contributed by atoms with Gasteiger partial charge in [-0.05, 0) is 61.9 Å². The van der Waals surface area contributed by atoms with E-state index in [9.17, 15) is 27.9 Å². The summed E-state index contributed by atoms with van der Waals surface area (Å²) in [5, 5.41) is 13.0. The van der Waals surface area contributed by atoms with Crippen LogP contribution in [0, 0.1) is 6.92 Å². The second kappa shape index (κ2) is 7.74. The minimum Gasteiger partial charge on any atom is -0.508 e. The predicted octanol–water partition coefficient (Wildman–Crippen LogP) is 4.09. The molecule has 0 aliphatic heterocycles. The molecule has 3 rings (SSSR count). The number of aromatic nitrogens is 1. The number of alkyl halides is 3. The molecule has 0 bridgehead atoms. The van der Waals surface area contributed by atoms with Crippen molar-refractivity contribution >= 4 is 22.7 Å². The van der Waals surface area contributed by atoms with Crippen LogP contribution in [0.2, 0.25) is 0 Å². The van der Waals surface area contributed by atoms with Gasteiger partial charge in [-0.3, -0.25) is 14.2 Å². The first-order valence-electron chi connectivity index (χ1n) is 8.99. The normalized spacial score (nSPS) is 12.6. The van der Waals surface area contributed by atoms with E-state index in [2.05, 4.69) is 10.1 Å². The highest BCUT2D eigenvalue weighted by Crippen LogP contribution is 2.35. The zero-order chi connectivity index (χ0) is 22.2. The van der Waals surface area contributed by atoms with Crippen molar-refractivity contribution in [2.75, 3.05) is 7.05 Å². The lowest BCUT2D eigenvalue weighted by atomic mass is 9.97. The van der Waals surface area contributed by atoms with Gasteiger partial charge >= 0.3 is 6.36 Å². The molecule has 0 saturated heterocycles. The molecule has 0 aliphatic carbocycles. The molecule has 0 spiro atoms. The lowest BCUT2D eigenvalue weighted by Gasteiger charge is -2.12. The van der Waals surface area contributed by atoms with Crippen LogP contribution in [0.25, 0.3) is 10.9 Å². The van der Waals surface area contributed by atoms with Crippen LogP contribution in [0.5, 0.6) is 11.5 Å². The molecular formula is C21H19F3N2O4. The molecule has 6 nitrogen and oxygen atoms in total. The minimum atomic E-state index is -4.83. The number of hydrogen-bond acceptors (Lipinski definition) is 4. The third-order valence-electron chi connectivity index (χ3n) is 4.85. The fourth-order valence-corrected chi connectivity index (χ4v) is 3.51. The maximum absolute atomic E-state index is 13.2. The summed E-state index contributed by atoms with van der Waals surface area (Å²) in [4.78, 5) is 25.4. The predicted molar refractivity (Wildman–Crippen MR) is 104 cm³/mol. The number of carbonyl (C=O) groups excluding carboxylic acids is 2. The molecule has 0 saturated carbocycles. The van der Waals surface area contributed by atoms with Gasteiger partial charge in [0.15, 0.2) is 0 Å². The Kier molecular flexibility index (Phi) is 5.47. The molecule has 1 heterocycles. The first-order valence-corrected chi connectivity index (χ1v) is 8.99. The molecule has 30 heavy (non-hydrogen) atoms. The van der Waals surface area contributed by atoms with Crippen molar-refractivity contribution in [2.24, 2.45) is 0 Å². The molecule has 2 aromatic carbocycles. The third-order valence-corrected chi connectivity index (χ3v) is 4.85. The summed E-state index contributed by atoms with van der Waals surface area (Å²) < 4.78 is 42.3. The Morgan fingerprint density at radius 3 is 2.33 bits per heavy atom. The molecule has 158 valence electrons. The van der Waals surface area contributed by atoms with Gasteiger partial charge in [-0.2, -0.15) is 0 Å². The highest BCUT2D eigenvalue weighted by atomic mass is 19.4. The summed E-state index contributed by atoms with van der Waals surface area (Å²) in [6.45, 7) is 3.35. The Morgan fingerprint density at radius 1 is 1.13 bits per heavy atom. The van der Waals surface area contributed by atoms with Crippen molar-refractivity contribution in [3.63, 3.8) is 0 Å². The molecule has 2 N–H and O–H groups in total. The van der Waals surface area contributed by atoms with Crippen LogP contribution in [-0.4, -0.2) is 34.9 Å². The second-order valence-corrected chi connectivity index (χ2v) is 6.75. The molecule has 0 aliphatic rings. The first-order chi connectivity index (χ1) is 14.0. The molecule has 0 fully saturated rings. The number of amides is 1. The highest BCUT2D eigenvalue weighted by Gasteiger charge is 2.31. The number of aromatic hydroxyl groups is 1. The minimum absolute atomic E-state index is 0.0221. The SMILES string of the molecule is CNC(=O)C(C)c1c(C)n(C(=O)c2ccc(OC(F)(F)F)cc2)c2ccc(O)cc12. The number of hydrogen-bond donors (Lipinski definition) is 2. The van der Waals surface area contributed by atoms with Gasteiger partial charge in [0.1, 0.15) is 11.5 Å². The Morgan fingerprint density at radius 2 is 1.77 bits per heavy atom. The van der Waals surface area contributed by atoms with Crippen molar-refractivity contribution < 1.29 is 32.6 Å². The summed E-state index contributed by atoms with van der Waals surface area (Å²) in [5.74, 6) is -1.81. The van der Waals surface area contributed by atoms with Crippen LogP contribution < -0.4 is 10.1 Å². The van der Waals surface area contributed by atoms with Crippen molar-refractivity contribution in [3.8, 4) is 11.5 Å². The third kappa shape index (κ3) is 3.96. The zero-order valence-electron chi connectivity index (χ0n) is 16.4. The summed E-state index contributed by atoms with van der Waals surface area (Å²) in [5.41, 5.74) is 1.67. The topological polar surface area (TPSA) is 80.6 Å². The summed E-state index contributed by atoms with van der Waals surface area (Å²) >= 11 is 0. The number of benzene rings is 2. The van der Waals surface area contributed by atoms with Crippen LogP contribution in [0.1, 0.15) is 34.5 Å². The summed E-state index contributed by atoms with van der Waals surface area (Å²) in [6, 6.07) is 9.02. The summed E-state index contributed by atoms with van der Waals surface area (Å²) in [6.07, 6.45) is -4.83. The van der Waals surface area contributed by atoms with Crippen LogP contribution in [0.4, 0.5) is 13.2 Å². The van der Waals surface area contributed by atoms with E-state index in [-0.39, 0.29) is 17.2 Å². The largest absolute Gasteiger partial charge is 0.573 e. The Labute approximate surface area is 169 Å². The first kappa shape index (κ1) is 21.2. The van der Waals surface area contributed by atoms with Gasteiger partial charge in [0.05, 0.1) is 11.4 Å². The summed E-state index contributed by atoms with van der Waals surface area (Å²) in [7, 11) is 1.50. The van der Waals surface area contributed by atoms with Crippen LogP contribution in [0.15, 0.2) is 42.5 Å². The van der Waals surface area contributed by atoms with Gasteiger partial charge in [0.25, 0.3) is 5.91 Å². The number of nitrogens with one attached hydrogen (secondary N) is 1. The monoisotopic (exact) mass is 420 g/mol. The number of nitrogens with zero attached hydrogens (tertiary/aromatic N) is 1. The lowest BCUT2D eigenvalue weighted by Crippen LogP contribution is -2.24. The quantitative estimate of drug-likeness (QED) is 0.666. The fourth-order valence-electron chi connectivity index (χ4n) is 3.51. The smallest absolute Gasteiger partial charge is 0.508 e. The van der Waals surface area contributed by atoms with Crippen molar-refractivity contribution in [2.45, 2.75) is 26.1 Å². The molecule has 1 atom stereocenters. The van der Waals surface area contributed by atoms with Crippen LogP contribution in [0.3, 0.4) is 0 Å². The maximum atomic E-state index is 13.2.